The smallest absolute Gasteiger partial charge is 0.247 e. The molecule has 0 bridgehead atoms. The van der Waals surface area contributed by atoms with Crippen LogP contribution in [-0.2, 0) is 22.7 Å². The van der Waals surface area contributed by atoms with Gasteiger partial charge in [-0.3, -0.25) is 9.59 Å². The summed E-state index contributed by atoms with van der Waals surface area (Å²) in [5.74, 6) is 0.178. The number of tetrazole rings is 1. The number of ether oxygens (including phenoxy) is 1. The quantitative estimate of drug-likeness (QED) is 0.357. The van der Waals surface area contributed by atoms with Crippen LogP contribution in [-0.4, -0.2) is 49.6 Å². The van der Waals surface area contributed by atoms with Crippen molar-refractivity contribution in [2.45, 2.75) is 45.4 Å². The Balaban J connectivity index is 1.67. The van der Waals surface area contributed by atoms with E-state index in [0.717, 1.165) is 4.80 Å². The first-order valence-electron chi connectivity index (χ1n) is 11.9. The number of rotatable bonds is 9. The van der Waals surface area contributed by atoms with Gasteiger partial charge in [0.05, 0.1) is 19.9 Å². The maximum Gasteiger partial charge on any atom is 0.247 e. The number of furan rings is 1. The molecule has 11 heteroatoms. The summed E-state index contributed by atoms with van der Waals surface area (Å²) in [4.78, 5) is 29.9. The fourth-order valence-electron chi connectivity index (χ4n) is 3.83. The summed E-state index contributed by atoms with van der Waals surface area (Å²) in [6.07, 6.45) is 1.50. The summed E-state index contributed by atoms with van der Waals surface area (Å²) in [6, 6.07) is 15.0. The summed E-state index contributed by atoms with van der Waals surface area (Å²) in [5, 5.41) is 15.2. The summed E-state index contributed by atoms with van der Waals surface area (Å²) in [6.45, 7) is 5.34. The van der Waals surface area contributed by atoms with Gasteiger partial charge in [0, 0.05) is 11.1 Å². The van der Waals surface area contributed by atoms with Crippen LogP contribution in [0.25, 0.3) is 11.4 Å². The molecule has 4 aromatic rings. The van der Waals surface area contributed by atoms with Crippen molar-refractivity contribution in [1.29, 1.82) is 0 Å². The lowest BCUT2D eigenvalue weighted by atomic mass is 10.0. The lowest BCUT2D eigenvalue weighted by molar-refractivity contribution is -0.143. The molecule has 2 aromatic heterocycles. The van der Waals surface area contributed by atoms with E-state index in [2.05, 4.69) is 20.7 Å². The lowest BCUT2D eigenvalue weighted by Gasteiger charge is -2.33. The molecule has 2 amide bonds. The molecule has 198 valence electrons. The highest BCUT2D eigenvalue weighted by Gasteiger charge is 2.34. The number of hydrogen-bond donors (Lipinski definition) is 1. The van der Waals surface area contributed by atoms with Crippen LogP contribution in [0, 0.1) is 5.82 Å². The van der Waals surface area contributed by atoms with Gasteiger partial charge in [0.15, 0.2) is 0 Å². The maximum absolute atomic E-state index is 13.7. The van der Waals surface area contributed by atoms with E-state index in [4.69, 9.17) is 9.15 Å². The predicted octanol–water partition coefficient (Wildman–Crippen LogP) is 3.77. The molecule has 38 heavy (non-hydrogen) atoms. The first kappa shape index (κ1) is 26.5. The fraction of sp³-hybridized carbons (Fsp3) is 0.296. The van der Waals surface area contributed by atoms with Crippen molar-refractivity contribution in [3.8, 4) is 17.1 Å². The third-order valence-electron chi connectivity index (χ3n) is 5.55. The van der Waals surface area contributed by atoms with Crippen molar-refractivity contribution in [3.05, 3.63) is 84.1 Å². The van der Waals surface area contributed by atoms with Gasteiger partial charge in [0.25, 0.3) is 0 Å². The van der Waals surface area contributed by atoms with Crippen LogP contribution in [0.1, 0.15) is 38.1 Å². The van der Waals surface area contributed by atoms with Gasteiger partial charge in [-0.2, -0.15) is 4.80 Å². The Hall–Kier alpha value is -4.54. The Morgan fingerprint density at radius 2 is 1.82 bits per heavy atom. The first-order valence-corrected chi connectivity index (χ1v) is 11.9. The highest BCUT2D eigenvalue weighted by Crippen LogP contribution is 2.27. The normalized spacial score (nSPS) is 12.1. The highest BCUT2D eigenvalue weighted by molar-refractivity contribution is 5.89. The standard InChI is InChI=1S/C27H29FN6O4/c1-27(2,3)29-26(36)24(18-9-13-21(37-4)14-10-18)33(16-22-6-5-15-38-22)23(35)17-34-31-25(30-32-34)19-7-11-20(28)12-8-19/h5-15,24H,16-17H2,1-4H3,(H,29,36)/t24-/m1/s1. The van der Waals surface area contributed by atoms with Gasteiger partial charge in [0.2, 0.25) is 17.6 Å². The number of amides is 2. The SMILES string of the molecule is COc1ccc([C@H](C(=O)NC(C)(C)C)N(Cc2ccco2)C(=O)Cn2nnc(-c3ccc(F)cc3)n2)cc1. The minimum absolute atomic E-state index is 0.0274. The average Bonchev–Trinajstić information content (AvgIpc) is 3.56. The second kappa shape index (κ2) is 11.2. The van der Waals surface area contributed by atoms with Crippen LogP contribution in [0.5, 0.6) is 5.75 Å². The number of carbonyl (C=O) groups is 2. The van der Waals surface area contributed by atoms with Gasteiger partial charge >= 0.3 is 0 Å². The highest BCUT2D eigenvalue weighted by atomic mass is 19.1. The number of nitrogens with zero attached hydrogens (tertiary/aromatic N) is 5. The molecule has 10 nitrogen and oxygen atoms in total. The zero-order valence-electron chi connectivity index (χ0n) is 21.6. The minimum Gasteiger partial charge on any atom is -0.497 e. The molecule has 0 saturated heterocycles. The van der Waals surface area contributed by atoms with Crippen LogP contribution < -0.4 is 10.1 Å². The summed E-state index contributed by atoms with van der Waals surface area (Å²) < 4.78 is 24.1. The topological polar surface area (TPSA) is 115 Å². The van der Waals surface area contributed by atoms with Gasteiger partial charge < -0.3 is 19.4 Å². The van der Waals surface area contributed by atoms with Crippen LogP contribution in [0.2, 0.25) is 0 Å². The van der Waals surface area contributed by atoms with E-state index < -0.39 is 17.5 Å². The van der Waals surface area contributed by atoms with E-state index in [-0.39, 0.29) is 30.6 Å². The van der Waals surface area contributed by atoms with E-state index in [1.165, 1.54) is 35.4 Å². The first-order chi connectivity index (χ1) is 18.1. The zero-order chi connectivity index (χ0) is 27.3. The Morgan fingerprint density at radius 3 is 2.42 bits per heavy atom. The molecule has 0 aliphatic rings. The Bertz CT molecular complexity index is 1360. The molecule has 0 aliphatic heterocycles. The number of nitrogens with one attached hydrogen (secondary N) is 1. The molecular formula is C27H29FN6O4. The fourth-order valence-corrected chi connectivity index (χ4v) is 3.83. The number of methoxy groups -OCH3 is 1. The molecule has 0 fully saturated rings. The van der Waals surface area contributed by atoms with Crippen molar-refractivity contribution in [2.24, 2.45) is 0 Å². The third kappa shape index (κ3) is 6.61. The largest absolute Gasteiger partial charge is 0.497 e. The van der Waals surface area contributed by atoms with Crippen LogP contribution in [0.4, 0.5) is 4.39 Å². The minimum atomic E-state index is -0.988. The zero-order valence-corrected chi connectivity index (χ0v) is 21.6. The number of carbonyl (C=O) groups excluding carboxylic acids is 2. The van der Waals surface area contributed by atoms with Crippen molar-refractivity contribution in [3.63, 3.8) is 0 Å². The molecule has 0 saturated carbocycles. The third-order valence-corrected chi connectivity index (χ3v) is 5.55. The van der Waals surface area contributed by atoms with Crippen molar-refractivity contribution >= 4 is 11.8 Å². The Kier molecular flexibility index (Phi) is 7.85. The van der Waals surface area contributed by atoms with E-state index in [0.29, 0.717) is 22.6 Å². The van der Waals surface area contributed by atoms with Crippen LogP contribution in [0.3, 0.4) is 0 Å². The van der Waals surface area contributed by atoms with Gasteiger partial charge in [-0.15, -0.1) is 10.2 Å². The molecule has 0 spiro atoms. The number of aromatic nitrogens is 4. The van der Waals surface area contributed by atoms with Crippen LogP contribution >= 0.6 is 0 Å². The summed E-state index contributed by atoms with van der Waals surface area (Å²) in [5.41, 5.74) is 0.600. The molecule has 0 unspecified atom stereocenters. The van der Waals surface area contributed by atoms with E-state index in [1.807, 2.05) is 20.8 Å². The van der Waals surface area contributed by atoms with Gasteiger partial charge in [-0.25, -0.2) is 4.39 Å². The molecule has 1 N–H and O–H groups in total. The maximum atomic E-state index is 13.7. The molecule has 4 rings (SSSR count). The summed E-state index contributed by atoms with van der Waals surface area (Å²) >= 11 is 0. The van der Waals surface area contributed by atoms with Crippen molar-refractivity contribution < 1.29 is 23.1 Å². The van der Waals surface area contributed by atoms with Crippen LogP contribution in [0.15, 0.2) is 71.3 Å². The molecule has 2 aromatic carbocycles. The Labute approximate surface area is 219 Å². The van der Waals surface area contributed by atoms with E-state index >= 15 is 0 Å². The van der Waals surface area contributed by atoms with Gasteiger partial charge in [0.1, 0.15) is 29.9 Å². The van der Waals surface area contributed by atoms with Crippen molar-refractivity contribution in [2.75, 3.05) is 7.11 Å². The lowest BCUT2D eigenvalue weighted by Crippen LogP contribution is -2.49. The summed E-state index contributed by atoms with van der Waals surface area (Å²) in [7, 11) is 1.55. The van der Waals surface area contributed by atoms with Gasteiger partial charge in [-0.05, 0) is 80.1 Å². The number of halogens is 1. The number of benzene rings is 2. The molecule has 0 aliphatic carbocycles. The second-order valence-electron chi connectivity index (χ2n) is 9.67. The van der Waals surface area contributed by atoms with E-state index in [9.17, 15) is 14.0 Å². The molecule has 0 radical (unpaired) electrons. The molecule has 1 atom stereocenters. The number of hydrogen-bond acceptors (Lipinski definition) is 7. The molecular weight excluding hydrogens is 491 g/mol. The Morgan fingerprint density at radius 1 is 1.11 bits per heavy atom. The van der Waals surface area contributed by atoms with E-state index in [1.54, 1.807) is 43.5 Å². The molecule has 2 heterocycles. The van der Waals surface area contributed by atoms with Gasteiger partial charge in [-0.1, -0.05) is 12.1 Å². The second-order valence-corrected chi connectivity index (χ2v) is 9.67. The monoisotopic (exact) mass is 520 g/mol. The average molecular weight is 521 g/mol. The van der Waals surface area contributed by atoms with Crippen molar-refractivity contribution in [1.82, 2.24) is 30.4 Å². The predicted molar refractivity (Wildman–Crippen MR) is 136 cm³/mol.